The van der Waals surface area contributed by atoms with Crippen LogP contribution in [0.2, 0.25) is 0 Å². The maximum atomic E-state index is 13.4. The summed E-state index contributed by atoms with van der Waals surface area (Å²) in [4.78, 5) is 28.0. The molecule has 0 aromatic carbocycles. The van der Waals surface area contributed by atoms with E-state index in [2.05, 4.69) is 18.7 Å². The Kier molecular flexibility index (Phi) is 7.35. The first kappa shape index (κ1) is 23.3. The lowest BCUT2D eigenvalue weighted by Gasteiger charge is -2.48. The Balaban J connectivity index is 1.74. The first-order chi connectivity index (χ1) is 14.1. The number of allylic oxidation sites excluding steroid dienone is 2. The molecule has 0 amide bonds. The van der Waals surface area contributed by atoms with E-state index in [0.717, 1.165) is 25.8 Å². The minimum atomic E-state index is -0.345. The van der Waals surface area contributed by atoms with Crippen LogP contribution < -0.4 is 0 Å². The van der Waals surface area contributed by atoms with Crippen molar-refractivity contribution in [2.75, 3.05) is 13.2 Å². The average Bonchev–Trinajstić information content (AvgIpc) is 2.66. The summed E-state index contributed by atoms with van der Waals surface area (Å²) < 4.78 is 5.13. The van der Waals surface area contributed by atoms with Gasteiger partial charge in [0.05, 0.1) is 13.0 Å². The summed E-state index contributed by atoms with van der Waals surface area (Å²) in [5.41, 5.74) is 3.15. The van der Waals surface area contributed by atoms with Crippen molar-refractivity contribution in [2.24, 2.45) is 16.7 Å². The fourth-order valence-electron chi connectivity index (χ4n) is 5.79. The maximum absolute atomic E-state index is 13.4. The van der Waals surface area contributed by atoms with Crippen LogP contribution in [0.5, 0.6) is 0 Å². The Morgan fingerprint density at radius 3 is 2.50 bits per heavy atom. The monoisotopic (exact) mass is 417 g/mol. The molecule has 0 spiro atoms. The molecule has 3 rings (SSSR count). The lowest BCUT2D eigenvalue weighted by molar-refractivity contribution is -0.145. The van der Waals surface area contributed by atoms with Crippen molar-refractivity contribution >= 4 is 11.8 Å². The normalized spacial score (nSPS) is 25.1. The van der Waals surface area contributed by atoms with Crippen molar-refractivity contribution in [2.45, 2.75) is 111 Å². The summed E-state index contributed by atoms with van der Waals surface area (Å²) in [7, 11) is 0. The molecule has 1 atom stereocenters. The number of ketones is 1. The second-order valence-electron chi connectivity index (χ2n) is 11.5. The molecule has 1 unspecified atom stereocenters. The average molecular weight is 418 g/mol. The highest BCUT2D eigenvalue weighted by Gasteiger charge is 2.40. The Labute approximate surface area is 183 Å². The summed E-state index contributed by atoms with van der Waals surface area (Å²) in [5, 5.41) is 0. The number of carbonyl (C=O) groups excluding carboxylic acids is 2. The highest BCUT2D eigenvalue weighted by atomic mass is 16.5. The van der Waals surface area contributed by atoms with Gasteiger partial charge in [0, 0.05) is 30.6 Å². The zero-order valence-corrected chi connectivity index (χ0v) is 20.0. The fraction of sp³-hybridized carbons (Fsp3) is 0.846. The van der Waals surface area contributed by atoms with Crippen molar-refractivity contribution < 1.29 is 14.3 Å². The molecule has 1 aliphatic heterocycles. The number of nitrogens with zero attached hydrogens (tertiary/aromatic N) is 1. The van der Waals surface area contributed by atoms with Gasteiger partial charge in [-0.15, -0.1) is 0 Å². The van der Waals surface area contributed by atoms with Gasteiger partial charge in [0.2, 0.25) is 0 Å². The highest BCUT2D eigenvalue weighted by molar-refractivity contribution is 5.83. The van der Waals surface area contributed by atoms with Gasteiger partial charge < -0.3 is 9.64 Å². The highest BCUT2D eigenvalue weighted by Crippen LogP contribution is 2.46. The van der Waals surface area contributed by atoms with Crippen LogP contribution in [0.15, 0.2) is 11.3 Å². The van der Waals surface area contributed by atoms with E-state index in [0.29, 0.717) is 36.7 Å². The van der Waals surface area contributed by atoms with Gasteiger partial charge in [0.25, 0.3) is 0 Å². The van der Waals surface area contributed by atoms with Crippen molar-refractivity contribution in [3.63, 3.8) is 0 Å². The van der Waals surface area contributed by atoms with Crippen molar-refractivity contribution in [3.8, 4) is 0 Å². The number of hydrogen-bond acceptors (Lipinski definition) is 4. The summed E-state index contributed by atoms with van der Waals surface area (Å²) in [6.45, 7) is 11.9. The van der Waals surface area contributed by atoms with E-state index >= 15 is 0 Å². The van der Waals surface area contributed by atoms with Crippen LogP contribution in [0, 0.1) is 16.7 Å². The molecule has 2 aliphatic carbocycles. The number of Topliss-reactive ketones (excluding diaryl/α,β-unsaturated/α-hetero) is 1. The van der Waals surface area contributed by atoms with E-state index < -0.39 is 0 Å². The standard InChI is InChI=1S/C26H43NO3/c1-6-30-24(29)17-26(4,5)16-23(28)20-14-19-12-13-25(2,3)15-22(19)27(18-20)21-10-8-7-9-11-21/h20-21H,6-18H2,1-5H3. The van der Waals surface area contributed by atoms with Crippen LogP contribution in [-0.4, -0.2) is 35.8 Å². The van der Waals surface area contributed by atoms with E-state index in [4.69, 9.17) is 4.74 Å². The number of carbonyl (C=O) groups is 2. The molecule has 1 saturated carbocycles. The predicted molar refractivity (Wildman–Crippen MR) is 121 cm³/mol. The molecule has 30 heavy (non-hydrogen) atoms. The van der Waals surface area contributed by atoms with Crippen molar-refractivity contribution in [1.82, 2.24) is 4.90 Å². The molecule has 0 radical (unpaired) electrons. The smallest absolute Gasteiger partial charge is 0.306 e. The maximum Gasteiger partial charge on any atom is 0.306 e. The number of ether oxygens (including phenoxy) is 1. The van der Waals surface area contributed by atoms with E-state index in [9.17, 15) is 9.59 Å². The molecule has 0 aromatic heterocycles. The number of rotatable bonds is 7. The zero-order valence-electron chi connectivity index (χ0n) is 20.0. The minimum Gasteiger partial charge on any atom is -0.466 e. The molecule has 4 heteroatoms. The summed E-state index contributed by atoms with van der Waals surface area (Å²) in [5.74, 6) is 0.220. The third-order valence-electron chi connectivity index (χ3n) is 7.47. The third kappa shape index (κ3) is 5.88. The predicted octanol–water partition coefficient (Wildman–Crippen LogP) is 6.04. The second kappa shape index (κ2) is 9.44. The molecule has 3 aliphatic rings. The lowest BCUT2D eigenvalue weighted by atomic mass is 9.71. The SMILES string of the molecule is CCOC(=O)CC(C)(C)CC(=O)C1CC2=C(CC(C)(C)CC2)N(C2CCCCC2)C1. The van der Waals surface area contributed by atoms with Crippen LogP contribution >= 0.6 is 0 Å². The van der Waals surface area contributed by atoms with Crippen LogP contribution in [-0.2, 0) is 14.3 Å². The Hall–Kier alpha value is -1.32. The van der Waals surface area contributed by atoms with Gasteiger partial charge in [-0.1, -0.05) is 52.5 Å². The fourth-order valence-corrected chi connectivity index (χ4v) is 5.79. The van der Waals surface area contributed by atoms with E-state index in [1.54, 1.807) is 11.3 Å². The van der Waals surface area contributed by atoms with Crippen molar-refractivity contribution in [3.05, 3.63) is 11.3 Å². The summed E-state index contributed by atoms with van der Waals surface area (Å²) in [6, 6.07) is 0.612. The van der Waals surface area contributed by atoms with Crippen LogP contribution in [0.25, 0.3) is 0 Å². The van der Waals surface area contributed by atoms with Crippen LogP contribution in [0.4, 0.5) is 0 Å². The van der Waals surface area contributed by atoms with Gasteiger partial charge in [-0.05, 0) is 56.3 Å². The van der Waals surface area contributed by atoms with Gasteiger partial charge in [0.15, 0.2) is 0 Å². The second-order valence-corrected chi connectivity index (χ2v) is 11.5. The molecule has 4 nitrogen and oxygen atoms in total. The first-order valence-electron chi connectivity index (χ1n) is 12.3. The summed E-state index contributed by atoms with van der Waals surface area (Å²) in [6.07, 6.45) is 11.8. The molecule has 0 bridgehead atoms. The molecule has 170 valence electrons. The Morgan fingerprint density at radius 1 is 1.13 bits per heavy atom. The Morgan fingerprint density at radius 2 is 1.83 bits per heavy atom. The molecule has 1 heterocycles. The van der Waals surface area contributed by atoms with Gasteiger partial charge >= 0.3 is 5.97 Å². The van der Waals surface area contributed by atoms with Gasteiger partial charge in [-0.3, -0.25) is 9.59 Å². The van der Waals surface area contributed by atoms with E-state index in [-0.39, 0.29) is 17.3 Å². The van der Waals surface area contributed by atoms with Crippen molar-refractivity contribution in [1.29, 1.82) is 0 Å². The molecule has 0 aromatic rings. The van der Waals surface area contributed by atoms with E-state index in [1.165, 1.54) is 38.5 Å². The molecule has 1 fully saturated rings. The Bertz CT molecular complexity index is 670. The number of esters is 1. The molecule has 0 saturated heterocycles. The number of hydrogen-bond donors (Lipinski definition) is 0. The molecule has 0 N–H and O–H groups in total. The largest absolute Gasteiger partial charge is 0.466 e. The quantitative estimate of drug-likeness (QED) is 0.474. The van der Waals surface area contributed by atoms with Gasteiger partial charge in [-0.2, -0.15) is 0 Å². The third-order valence-corrected chi connectivity index (χ3v) is 7.47. The van der Waals surface area contributed by atoms with Crippen LogP contribution in [0.3, 0.4) is 0 Å². The summed E-state index contributed by atoms with van der Waals surface area (Å²) >= 11 is 0. The first-order valence-corrected chi connectivity index (χ1v) is 12.3. The van der Waals surface area contributed by atoms with Crippen LogP contribution in [0.1, 0.15) is 105 Å². The van der Waals surface area contributed by atoms with E-state index in [1.807, 2.05) is 20.8 Å². The molecular formula is C26H43NO3. The topological polar surface area (TPSA) is 46.6 Å². The van der Waals surface area contributed by atoms with Gasteiger partial charge in [0.1, 0.15) is 5.78 Å². The molecular weight excluding hydrogens is 374 g/mol. The zero-order chi connectivity index (χ0) is 21.9. The lowest BCUT2D eigenvalue weighted by Crippen LogP contribution is -2.47. The van der Waals surface area contributed by atoms with Gasteiger partial charge in [-0.25, -0.2) is 0 Å². The minimum absolute atomic E-state index is 0.0772.